The Balaban J connectivity index is 2.50. The van der Waals surface area contributed by atoms with Crippen molar-refractivity contribution in [3.05, 3.63) is 39.4 Å². The van der Waals surface area contributed by atoms with Crippen LogP contribution in [0.1, 0.15) is 31.9 Å². The van der Waals surface area contributed by atoms with Crippen molar-refractivity contribution in [2.75, 3.05) is 26.9 Å². The van der Waals surface area contributed by atoms with Crippen LogP contribution in [0.25, 0.3) is 0 Å². The first kappa shape index (κ1) is 25.7. The number of non-ortho nitro benzene ring substituents is 1. The monoisotopic (exact) mass is 451 g/mol. The second-order valence-electron chi connectivity index (χ2n) is 6.79. The molecule has 1 aromatic rings. The number of esters is 1. The van der Waals surface area contributed by atoms with Crippen LogP contribution in [0.15, 0.2) is 18.2 Å². The van der Waals surface area contributed by atoms with Crippen LogP contribution in [0.4, 0.5) is 5.69 Å². The number of rotatable bonds is 9. The maximum atomic E-state index is 12.4. The van der Waals surface area contributed by atoms with Crippen molar-refractivity contribution in [2.45, 2.75) is 57.9 Å². The third kappa shape index (κ3) is 6.03. The van der Waals surface area contributed by atoms with Crippen molar-refractivity contribution in [3.63, 3.8) is 0 Å². The summed E-state index contributed by atoms with van der Waals surface area (Å²) in [5.74, 6) is 5.10. The summed E-state index contributed by atoms with van der Waals surface area (Å²) in [4.78, 5) is 23.0. The molecule has 32 heavy (non-hydrogen) atoms. The summed E-state index contributed by atoms with van der Waals surface area (Å²) in [5, 5.41) is 20.7. The van der Waals surface area contributed by atoms with Gasteiger partial charge in [-0.2, -0.15) is 0 Å². The molecule has 0 amide bonds. The number of benzene rings is 1. The third-order valence-electron chi connectivity index (χ3n) is 4.87. The normalized spacial score (nSPS) is 25.0. The molecule has 1 heterocycles. The summed E-state index contributed by atoms with van der Waals surface area (Å²) < 4.78 is 28.3. The predicted octanol–water partition coefficient (Wildman–Crippen LogP) is 1.59. The number of carbonyl (C=O) groups excluding carboxylic acids is 1. The third-order valence-corrected chi connectivity index (χ3v) is 4.87. The van der Waals surface area contributed by atoms with Gasteiger partial charge in [-0.3, -0.25) is 10.1 Å². The Labute approximate surface area is 186 Å². The Morgan fingerprint density at radius 2 is 1.75 bits per heavy atom. The zero-order chi connectivity index (χ0) is 23.7. The highest BCUT2D eigenvalue weighted by Crippen LogP contribution is 2.29. The van der Waals surface area contributed by atoms with Crippen LogP contribution in [0, 0.1) is 22.0 Å². The Bertz CT molecular complexity index is 848. The summed E-state index contributed by atoms with van der Waals surface area (Å²) in [7, 11) is 1.25. The molecule has 10 heteroatoms. The Morgan fingerprint density at radius 3 is 2.31 bits per heavy atom. The first-order valence-electron chi connectivity index (χ1n) is 10.4. The smallest absolute Gasteiger partial charge is 0.337 e. The van der Waals surface area contributed by atoms with Gasteiger partial charge < -0.3 is 28.8 Å². The van der Waals surface area contributed by atoms with Gasteiger partial charge in [0, 0.05) is 37.5 Å². The highest BCUT2D eigenvalue weighted by Gasteiger charge is 2.50. The SMILES string of the molecule is CCO[C@@H]1[C@@H](OCC)[C@H](C#Cc2cc([N+](=O)[O-])ccc2CO)O[C@H](C(=O)OC)[C@H]1OCC. The van der Waals surface area contributed by atoms with E-state index >= 15 is 0 Å². The molecule has 1 saturated heterocycles. The van der Waals surface area contributed by atoms with Crippen LogP contribution in [0.2, 0.25) is 0 Å². The van der Waals surface area contributed by atoms with E-state index in [0.717, 1.165) is 0 Å². The molecule has 5 atom stereocenters. The fourth-order valence-electron chi connectivity index (χ4n) is 3.48. The summed E-state index contributed by atoms with van der Waals surface area (Å²) in [6.45, 7) is 6.04. The van der Waals surface area contributed by atoms with E-state index in [4.69, 9.17) is 23.7 Å². The highest BCUT2D eigenvalue weighted by molar-refractivity contribution is 5.75. The first-order valence-corrected chi connectivity index (χ1v) is 10.4. The molecular formula is C22H29NO9. The molecule has 2 rings (SSSR count). The Morgan fingerprint density at radius 1 is 1.12 bits per heavy atom. The van der Waals surface area contributed by atoms with Crippen LogP contribution < -0.4 is 0 Å². The predicted molar refractivity (Wildman–Crippen MR) is 113 cm³/mol. The standard InChI is InChI=1S/C22H29NO9/c1-5-29-18-17(11-9-14-12-16(23(26)27)10-8-15(14)13-24)32-21(22(25)28-4)20(31-7-3)19(18)30-6-2/h8,10,12,17-21,24H,5-7,13H2,1-4H3/t17-,18-,19+,20-,21-/m0/s1. The maximum Gasteiger partial charge on any atom is 0.337 e. The van der Waals surface area contributed by atoms with Crippen molar-refractivity contribution < 1.29 is 38.5 Å². The molecule has 0 saturated carbocycles. The average molecular weight is 451 g/mol. The van der Waals surface area contributed by atoms with Crippen LogP contribution >= 0.6 is 0 Å². The van der Waals surface area contributed by atoms with Gasteiger partial charge in [0.15, 0.2) is 6.10 Å². The van der Waals surface area contributed by atoms with E-state index in [1.165, 1.54) is 25.3 Å². The molecule has 0 radical (unpaired) electrons. The van der Waals surface area contributed by atoms with Crippen molar-refractivity contribution in [2.24, 2.45) is 0 Å². The van der Waals surface area contributed by atoms with E-state index in [2.05, 4.69) is 11.8 Å². The number of hydrogen-bond acceptors (Lipinski definition) is 9. The number of nitro groups is 1. The molecule has 0 unspecified atom stereocenters. The lowest BCUT2D eigenvalue weighted by atomic mass is 9.93. The lowest BCUT2D eigenvalue weighted by Crippen LogP contribution is -2.62. The van der Waals surface area contributed by atoms with Gasteiger partial charge in [-0.15, -0.1) is 0 Å². The van der Waals surface area contributed by atoms with Gasteiger partial charge in [0.25, 0.3) is 5.69 Å². The maximum absolute atomic E-state index is 12.4. The van der Waals surface area contributed by atoms with Crippen molar-refractivity contribution in [3.8, 4) is 11.8 Å². The number of carbonyl (C=O) groups is 1. The summed E-state index contributed by atoms with van der Waals surface area (Å²) in [6.07, 6.45) is -4.15. The number of aliphatic hydroxyl groups excluding tert-OH is 1. The lowest BCUT2D eigenvalue weighted by Gasteiger charge is -2.43. The molecule has 0 aromatic heterocycles. The van der Waals surface area contributed by atoms with E-state index in [-0.39, 0.29) is 17.9 Å². The first-order chi connectivity index (χ1) is 15.4. The van der Waals surface area contributed by atoms with Crippen molar-refractivity contribution >= 4 is 11.7 Å². The molecule has 0 bridgehead atoms. The van der Waals surface area contributed by atoms with Gasteiger partial charge in [0.1, 0.15) is 24.4 Å². The lowest BCUT2D eigenvalue weighted by molar-refractivity contribution is -0.384. The number of hydrogen-bond donors (Lipinski definition) is 1. The molecule has 1 N–H and O–H groups in total. The zero-order valence-electron chi connectivity index (χ0n) is 18.6. The van der Waals surface area contributed by atoms with Crippen molar-refractivity contribution in [1.29, 1.82) is 0 Å². The van der Waals surface area contributed by atoms with E-state index in [1.807, 2.05) is 6.92 Å². The number of aliphatic hydroxyl groups is 1. The van der Waals surface area contributed by atoms with Crippen LogP contribution in [0.3, 0.4) is 0 Å². The second-order valence-corrected chi connectivity index (χ2v) is 6.79. The van der Waals surface area contributed by atoms with E-state index in [0.29, 0.717) is 25.4 Å². The van der Waals surface area contributed by atoms with Gasteiger partial charge in [0.2, 0.25) is 0 Å². The number of ether oxygens (including phenoxy) is 5. The molecule has 10 nitrogen and oxygen atoms in total. The molecule has 1 fully saturated rings. The van der Waals surface area contributed by atoms with Gasteiger partial charge in [0.05, 0.1) is 18.6 Å². The minimum atomic E-state index is -1.10. The van der Waals surface area contributed by atoms with Crippen molar-refractivity contribution in [1.82, 2.24) is 0 Å². The Kier molecular flexibility index (Phi) is 10.0. The van der Waals surface area contributed by atoms with E-state index in [9.17, 15) is 20.0 Å². The van der Waals surface area contributed by atoms with Crippen LogP contribution in [-0.2, 0) is 35.1 Å². The quantitative estimate of drug-likeness (QED) is 0.258. The molecule has 1 aromatic carbocycles. The molecular weight excluding hydrogens is 422 g/mol. The van der Waals surface area contributed by atoms with Gasteiger partial charge in [-0.05, 0) is 32.4 Å². The summed E-state index contributed by atoms with van der Waals surface area (Å²) >= 11 is 0. The molecule has 1 aliphatic heterocycles. The minimum absolute atomic E-state index is 0.159. The number of methoxy groups -OCH3 is 1. The van der Waals surface area contributed by atoms with Gasteiger partial charge in [-0.1, -0.05) is 11.8 Å². The number of nitro benzene ring substituents is 1. The molecule has 0 aliphatic carbocycles. The average Bonchev–Trinajstić information content (AvgIpc) is 2.79. The minimum Gasteiger partial charge on any atom is -0.467 e. The molecule has 0 spiro atoms. The van der Waals surface area contributed by atoms with Crippen LogP contribution in [-0.4, -0.2) is 73.4 Å². The summed E-state index contributed by atoms with van der Waals surface area (Å²) in [5.41, 5.74) is 0.536. The molecule has 176 valence electrons. The fraction of sp³-hybridized carbons (Fsp3) is 0.591. The Hall–Kier alpha value is -2.55. The van der Waals surface area contributed by atoms with Gasteiger partial charge >= 0.3 is 5.97 Å². The van der Waals surface area contributed by atoms with E-state index < -0.39 is 41.4 Å². The highest BCUT2D eigenvalue weighted by atomic mass is 16.6. The van der Waals surface area contributed by atoms with Gasteiger partial charge in [-0.25, -0.2) is 4.79 Å². The molecule has 1 aliphatic rings. The van der Waals surface area contributed by atoms with E-state index in [1.54, 1.807) is 13.8 Å². The van der Waals surface area contributed by atoms with Crippen LogP contribution in [0.5, 0.6) is 0 Å². The topological polar surface area (TPSA) is 127 Å². The largest absolute Gasteiger partial charge is 0.467 e. The summed E-state index contributed by atoms with van der Waals surface area (Å²) in [6, 6.07) is 4.01. The zero-order valence-corrected chi connectivity index (χ0v) is 18.6. The fourth-order valence-corrected chi connectivity index (χ4v) is 3.48. The number of nitrogens with zero attached hydrogens (tertiary/aromatic N) is 1. The second kappa shape index (κ2) is 12.5.